The first-order valence-electron chi connectivity index (χ1n) is 8.24. The number of H-pyrrole nitrogens is 1. The maximum Gasteiger partial charge on any atom is 0.202 e. The quantitative estimate of drug-likeness (QED) is 0.425. The predicted octanol–water partition coefficient (Wildman–Crippen LogP) is 2.77. The molecule has 5 heteroatoms. The van der Waals surface area contributed by atoms with Crippen molar-refractivity contribution in [1.82, 2.24) is 4.98 Å². The molecule has 5 nitrogen and oxygen atoms in total. The Morgan fingerprint density at radius 1 is 1.54 bits per heavy atom. The van der Waals surface area contributed by atoms with E-state index in [1.54, 1.807) is 44.3 Å². The van der Waals surface area contributed by atoms with Crippen LogP contribution in [-0.2, 0) is 4.74 Å². The Morgan fingerprint density at radius 3 is 2.79 bits per heavy atom. The molecule has 0 spiro atoms. The molecule has 0 unspecified atom stereocenters. The number of carbonyl (C=O) groups excluding carboxylic acids is 1. The molecule has 0 bridgehead atoms. The van der Waals surface area contributed by atoms with Gasteiger partial charge in [-0.15, -0.1) is 0 Å². The molecule has 1 saturated heterocycles. The van der Waals surface area contributed by atoms with Gasteiger partial charge in [0, 0.05) is 6.20 Å². The fourth-order valence-corrected chi connectivity index (χ4v) is 2.84. The smallest absolute Gasteiger partial charge is 0.202 e. The van der Waals surface area contributed by atoms with Crippen LogP contribution in [0.3, 0.4) is 0 Å². The van der Waals surface area contributed by atoms with Crippen molar-refractivity contribution in [3.63, 3.8) is 0 Å². The fraction of sp³-hybridized carbons (Fsp3) is 0.526. The summed E-state index contributed by atoms with van der Waals surface area (Å²) in [7, 11) is 0. The minimum absolute atomic E-state index is 0.109. The van der Waals surface area contributed by atoms with Crippen molar-refractivity contribution in [2.45, 2.75) is 63.9 Å². The molecule has 24 heavy (non-hydrogen) atoms. The molecule has 1 aromatic rings. The summed E-state index contributed by atoms with van der Waals surface area (Å²) in [5, 5.41) is 20.5. The summed E-state index contributed by atoms with van der Waals surface area (Å²) in [6, 6.07) is 3.49. The van der Waals surface area contributed by atoms with E-state index >= 15 is 0 Å². The minimum atomic E-state index is -0.931. The zero-order valence-corrected chi connectivity index (χ0v) is 14.7. The number of hydrogen-bond donors (Lipinski definition) is 3. The first-order valence-corrected chi connectivity index (χ1v) is 8.24. The third-order valence-corrected chi connectivity index (χ3v) is 4.49. The van der Waals surface area contributed by atoms with Gasteiger partial charge in [0.2, 0.25) is 5.78 Å². The summed E-state index contributed by atoms with van der Waals surface area (Å²) in [4.78, 5) is 14.8. The third kappa shape index (κ3) is 4.44. The zero-order chi connectivity index (χ0) is 18.0. The highest BCUT2D eigenvalue weighted by atomic mass is 16.5. The molecule has 1 aliphatic heterocycles. The molecule has 3 atom stereocenters. The van der Waals surface area contributed by atoms with E-state index in [1.165, 1.54) is 6.08 Å². The second-order valence-electron chi connectivity index (χ2n) is 7.25. The number of rotatable bonds is 6. The number of aromatic nitrogens is 1. The Hall–Kier alpha value is -1.69. The van der Waals surface area contributed by atoms with Crippen LogP contribution in [0.15, 0.2) is 42.1 Å². The number of aromatic amines is 1. The van der Waals surface area contributed by atoms with Crippen LogP contribution in [0, 0.1) is 0 Å². The van der Waals surface area contributed by atoms with Gasteiger partial charge in [-0.05, 0) is 64.3 Å². The van der Waals surface area contributed by atoms with Gasteiger partial charge >= 0.3 is 0 Å². The van der Waals surface area contributed by atoms with Crippen molar-refractivity contribution >= 4 is 5.78 Å². The number of aliphatic hydroxyl groups is 2. The van der Waals surface area contributed by atoms with E-state index in [1.807, 2.05) is 13.8 Å². The number of ketones is 1. The number of nitrogens with one attached hydrogen (secondary N) is 1. The fourth-order valence-electron chi connectivity index (χ4n) is 2.84. The summed E-state index contributed by atoms with van der Waals surface area (Å²) in [6.45, 7) is 7.08. The molecular formula is C19H27NO4. The highest BCUT2D eigenvalue weighted by molar-refractivity contribution is 6.03. The van der Waals surface area contributed by atoms with Gasteiger partial charge in [-0.3, -0.25) is 4.79 Å². The number of ether oxygens (including phenoxy) is 1. The van der Waals surface area contributed by atoms with Crippen LogP contribution in [0.4, 0.5) is 0 Å². The molecule has 0 amide bonds. The number of allylic oxidation sites excluding steroid dienone is 3. The Bertz CT molecular complexity index is 624. The van der Waals surface area contributed by atoms with Gasteiger partial charge in [0.15, 0.2) is 0 Å². The lowest BCUT2D eigenvalue weighted by molar-refractivity contribution is -0.143. The SMILES string of the molecule is CC(=C/C(=O)c1ccc[nH]1)/C=C/[C@@H](O)[C@]1(C)CC[C@H](C(C)(C)O)O1. The van der Waals surface area contributed by atoms with Crippen molar-refractivity contribution in [3.05, 3.63) is 47.8 Å². The Labute approximate surface area is 143 Å². The van der Waals surface area contributed by atoms with Gasteiger partial charge in [-0.25, -0.2) is 0 Å². The van der Waals surface area contributed by atoms with E-state index in [0.717, 1.165) is 5.57 Å². The molecule has 132 valence electrons. The Kier molecular flexibility index (Phi) is 5.48. The van der Waals surface area contributed by atoms with Crippen molar-refractivity contribution in [3.8, 4) is 0 Å². The van der Waals surface area contributed by atoms with Crippen LogP contribution in [-0.4, -0.2) is 44.4 Å². The molecule has 0 radical (unpaired) electrons. The summed E-state index contributed by atoms with van der Waals surface area (Å²) in [5.41, 5.74) is -0.388. The van der Waals surface area contributed by atoms with Crippen LogP contribution in [0.25, 0.3) is 0 Å². The second-order valence-corrected chi connectivity index (χ2v) is 7.25. The molecule has 1 aliphatic rings. The average molecular weight is 333 g/mol. The maximum absolute atomic E-state index is 12.0. The average Bonchev–Trinajstić information content (AvgIpc) is 3.14. The van der Waals surface area contributed by atoms with E-state index in [9.17, 15) is 15.0 Å². The Morgan fingerprint density at radius 2 is 2.25 bits per heavy atom. The van der Waals surface area contributed by atoms with E-state index in [4.69, 9.17) is 4.74 Å². The zero-order valence-electron chi connectivity index (χ0n) is 14.7. The van der Waals surface area contributed by atoms with Crippen LogP contribution in [0.1, 0.15) is 51.0 Å². The lowest BCUT2D eigenvalue weighted by Crippen LogP contribution is -2.42. The summed E-state index contributed by atoms with van der Waals surface area (Å²) < 4.78 is 5.90. The molecule has 0 saturated carbocycles. The van der Waals surface area contributed by atoms with Crippen molar-refractivity contribution in [2.75, 3.05) is 0 Å². The molecule has 0 aromatic carbocycles. The number of aliphatic hydroxyl groups excluding tert-OH is 1. The molecule has 0 aliphatic carbocycles. The topological polar surface area (TPSA) is 82.6 Å². The van der Waals surface area contributed by atoms with Crippen molar-refractivity contribution in [1.29, 1.82) is 0 Å². The lowest BCUT2D eigenvalue weighted by atomic mass is 9.93. The maximum atomic E-state index is 12.0. The molecular weight excluding hydrogens is 306 g/mol. The summed E-state index contributed by atoms with van der Waals surface area (Å²) in [5.74, 6) is -0.109. The number of hydrogen-bond acceptors (Lipinski definition) is 4. The van der Waals surface area contributed by atoms with Crippen LogP contribution < -0.4 is 0 Å². The summed E-state index contributed by atoms with van der Waals surface area (Å²) in [6.07, 6.45) is 6.84. The van der Waals surface area contributed by atoms with Gasteiger partial charge in [0.1, 0.15) is 6.10 Å². The number of carbonyl (C=O) groups is 1. The van der Waals surface area contributed by atoms with E-state index in [2.05, 4.69) is 4.98 Å². The van der Waals surface area contributed by atoms with Crippen molar-refractivity contribution < 1.29 is 19.7 Å². The van der Waals surface area contributed by atoms with E-state index < -0.39 is 17.3 Å². The first-order chi connectivity index (χ1) is 11.1. The monoisotopic (exact) mass is 333 g/mol. The van der Waals surface area contributed by atoms with Crippen LogP contribution in [0.5, 0.6) is 0 Å². The normalized spacial score (nSPS) is 26.9. The molecule has 1 aromatic heterocycles. The standard InChI is InChI=1S/C19H27NO4/c1-13(12-15(21)14-6-5-11-20-14)7-8-16(22)19(4)10-9-17(24-19)18(2,3)23/h5-8,11-12,16-17,20,22-23H,9-10H2,1-4H3/b8-7+,13-12-/t16-,17-,19+/m1/s1. The van der Waals surface area contributed by atoms with Crippen LogP contribution >= 0.6 is 0 Å². The predicted molar refractivity (Wildman–Crippen MR) is 92.8 cm³/mol. The van der Waals surface area contributed by atoms with Gasteiger partial charge in [0.05, 0.1) is 23.0 Å². The van der Waals surface area contributed by atoms with E-state index in [0.29, 0.717) is 18.5 Å². The highest BCUT2D eigenvalue weighted by Gasteiger charge is 2.45. The largest absolute Gasteiger partial charge is 0.388 e. The van der Waals surface area contributed by atoms with Gasteiger partial charge in [-0.2, -0.15) is 0 Å². The van der Waals surface area contributed by atoms with Crippen LogP contribution in [0.2, 0.25) is 0 Å². The molecule has 3 N–H and O–H groups in total. The summed E-state index contributed by atoms with van der Waals surface area (Å²) >= 11 is 0. The minimum Gasteiger partial charge on any atom is -0.388 e. The first kappa shape index (κ1) is 18.6. The Balaban J connectivity index is 1.99. The second kappa shape index (κ2) is 7.05. The third-order valence-electron chi connectivity index (χ3n) is 4.49. The highest BCUT2D eigenvalue weighted by Crippen LogP contribution is 2.37. The molecule has 2 heterocycles. The van der Waals surface area contributed by atoms with Gasteiger partial charge < -0.3 is 19.9 Å². The molecule has 1 fully saturated rings. The van der Waals surface area contributed by atoms with E-state index in [-0.39, 0.29) is 11.9 Å². The van der Waals surface area contributed by atoms with Gasteiger partial charge in [-0.1, -0.05) is 12.2 Å². The van der Waals surface area contributed by atoms with Gasteiger partial charge in [0.25, 0.3) is 0 Å². The van der Waals surface area contributed by atoms with Crippen molar-refractivity contribution in [2.24, 2.45) is 0 Å². The lowest BCUT2D eigenvalue weighted by Gasteiger charge is -2.32. The molecule has 2 rings (SSSR count).